The molecule has 1 unspecified atom stereocenters. The molecule has 126 valence electrons. The number of aromatic nitrogens is 1. The van der Waals surface area contributed by atoms with E-state index in [1.165, 1.54) is 0 Å². The first-order chi connectivity index (χ1) is 10.7. The van der Waals surface area contributed by atoms with Gasteiger partial charge in [0.15, 0.2) is 0 Å². The Morgan fingerprint density at radius 3 is 2.52 bits per heavy atom. The number of fused-ring (bicyclic) bond motifs is 2. The van der Waals surface area contributed by atoms with Crippen LogP contribution in [0.15, 0.2) is 18.5 Å². The molecule has 2 aliphatic rings. The number of alkyl halides is 3. The van der Waals surface area contributed by atoms with Crippen LogP contribution in [-0.2, 0) is 16.2 Å². The van der Waals surface area contributed by atoms with Crippen LogP contribution in [0.25, 0.3) is 0 Å². The maximum atomic E-state index is 12.6. The first-order valence-electron chi connectivity index (χ1n) is 7.25. The van der Waals surface area contributed by atoms with Crippen LogP contribution in [-0.4, -0.2) is 24.6 Å². The summed E-state index contributed by atoms with van der Waals surface area (Å²) in [7, 11) is -3.90. The number of pyridine rings is 1. The zero-order chi connectivity index (χ0) is 16.8. The Hall–Kier alpha value is -1.64. The lowest BCUT2D eigenvalue weighted by atomic mass is 10.0. The van der Waals surface area contributed by atoms with Crippen LogP contribution in [0, 0.1) is 11.8 Å². The van der Waals surface area contributed by atoms with E-state index in [0.29, 0.717) is 24.6 Å². The minimum absolute atomic E-state index is 0.0323. The lowest BCUT2D eigenvalue weighted by Gasteiger charge is -2.21. The Bertz CT molecular complexity index is 733. The van der Waals surface area contributed by atoms with E-state index in [1.54, 1.807) is 0 Å². The van der Waals surface area contributed by atoms with E-state index in [1.807, 2.05) is 4.72 Å². The van der Waals surface area contributed by atoms with Gasteiger partial charge in [0, 0.05) is 12.4 Å². The van der Waals surface area contributed by atoms with Gasteiger partial charge < -0.3 is 0 Å². The number of nitrogens with one attached hydrogen (secondary N) is 1. The summed E-state index contributed by atoms with van der Waals surface area (Å²) in [5, 5.41) is -0.635. The van der Waals surface area contributed by atoms with Gasteiger partial charge in [0.2, 0.25) is 10.0 Å². The third-order valence-electron chi connectivity index (χ3n) is 4.63. The Labute approximate surface area is 131 Å². The van der Waals surface area contributed by atoms with Crippen LogP contribution >= 0.6 is 0 Å². The van der Waals surface area contributed by atoms with Crippen molar-refractivity contribution >= 4 is 15.9 Å². The molecule has 0 radical (unpaired) electrons. The van der Waals surface area contributed by atoms with Gasteiger partial charge in [-0.3, -0.25) is 9.78 Å². The quantitative estimate of drug-likeness (QED) is 0.910. The second-order valence-corrected chi connectivity index (χ2v) is 8.05. The second kappa shape index (κ2) is 5.47. The van der Waals surface area contributed by atoms with E-state index in [9.17, 15) is 26.4 Å². The van der Waals surface area contributed by atoms with Crippen LogP contribution < -0.4 is 4.72 Å². The molecule has 5 nitrogen and oxygen atoms in total. The molecule has 0 aliphatic heterocycles. The Morgan fingerprint density at radius 2 is 1.96 bits per heavy atom. The van der Waals surface area contributed by atoms with Crippen LogP contribution in [0.1, 0.15) is 41.6 Å². The lowest BCUT2D eigenvalue weighted by molar-refractivity contribution is -0.137. The highest BCUT2D eigenvalue weighted by Gasteiger charge is 2.46. The summed E-state index contributed by atoms with van der Waals surface area (Å²) in [6, 6.07) is 0.596. The fraction of sp³-hybridized carbons (Fsp3) is 0.571. The SMILES string of the molecule is O=C(NS(=O)(=O)C1C[C@@H]2CC[C@H]1C2)c1cncc(C(F)(F)F)c1. The second-order valence-electron chi connectivity index (χ2n) is 6.15. The number of hydrogen-bond acceptors (Lipinski definition) is 4. The van der Waals surface area contributed by atoms with Gasteiger partial charge >= 0.3 is 6.18 Å². The van der Waals surface area contributed by atoms with Crippen molar-refractivity contribution in [1.29, 1.82) is 0 Å². The zero-order valence-electron chi connectivity index (χ0n) is 12.0. The first-order valence-corrected chi connectivity index (χ1v) is 8.79. The van der Waals surface area contributed by atoms with E-state index in [2.05, 4.69) is 4.98 Å². The van der Waals surface area contributed by atoms with Crippen molar-refractivity contribution in [2.45, 2.75) is 37.1 Å². The summed E-state index contributed by atoms with van der Waals surface area (Å²) >= 11 is 0. The summed E-state index contributed by atoms with van der Waals surface area (Å²) in [6.07, 6.45) is 0.0194. The fourth-order valence-corrected chi connectivity index (χ4v) is 5.36. The smallest absolute Gasteiger partial charge is 0.268 e. The van der Waals surface area contributed by atoms with Gasteiger partial charge in [0.05, 0.1) is 16.4 Å². The van der Waals surface area contributed by atoms with Gasteiger partial charge in [-0.1, -0.05) is 6.42 Å². The third kappa shape index (κ3) is 3.19. The van der Waals surface area contributed by atoms with E-state index in [0.717, 1.165) is 25.5 Å². The first kappa shape index (κ1) is 16.2. The molecule has 23 heavy (non-hydrogen) atoms. The van der Waals surface area contributed by atoms with E-state index in [-0.39, 0.29) is 5.92 Å². The number of amides is 1. The molecule has 2 fully saturated rings. The third-order valence-corrected chi connectivity index (χ3v) is 6.48. The topological polar surface area (TPSA) is 76.1 Å². The fourth-order valence-electron chi connectivity index (χ4n) is 3.55. The van der Waals surface area contributed by atoms with Crippen LogP contribution in [0.3, 0.4) is 0 Å². The predicted molar refractivity (Wildman–Crippen MR) is 74.9 cm³/mol. The van der Waals surface area contributed by atoms with E-state index >= 15 is 0 Å². The molecule has 0 spiro atoms. The molecule has 1 aromatic heterocycles. The molecular weight excluding hydrogens is 333 g/mol. The van der Waals surface area contributed by atoms with Crippen molar-refractivity contribution in [1.82, 2.24) is 9.71 Å². The number of hydrogen-bond donors (Lipinski definition) is 1. The molecule has 1 aromatic rings. The molecule has 2 saturated carbocycles. The molecule has 3 rings (SSSR count). The highest BCUT2D eigenvalue weighted by molar-refractivity contribution is 7.90. The van der Waals surface area contributed by atoms with Gasteiger partial charge in [-0.2, -0.15) is 13.2 Å². The van der Waals surface area contributed by atoms with Crippen LogP contribution in [0.5, 0.6) is 0 Å². The zero-order valence-corrected chi connectivity index (χ0v) is 12.8. The normalized spacial score (nSPS) is 27.2. The van der Waals surface area contributed by atoms with Gasteiger partial charge in [0.25, 0.3) is 5.91 Å². The number of carbonyl (C=O) groups excluding carboxylic acids is 1. The van der Waals surface area contributed by atoms with Crippen molar-refractivity contribution in [2.75, 3.05) is 0 Å². The van der Waals surface area contributed by atoms with Gasteiger partial charge in [-0.15, -0.1) is 0 Å². The van der Waals surface area contributed by atoms with Gasteiger partial charge in [0.1, 0.15) is 0 Å². The molecule has 3 atom stereocenters. The molecule has 1 amide bonds. The summed E-state index contributed by atoms with van der Waals surface area (Å²) in [6.45, 7) is 0. The van der Waals surface area contributed by atoms with E-state index in [4.69, 9.17) is 0 Å². The Morgan fingerprint density at radius 1 is 1.22 bits per heavy atom. The van der Waals surface area contributed by atoms with Gasteiger partial charge in [-0.05, 0) is 37.2 Å². The Balaban J connectivity index is 1.76. The molecular formula is C14H15F3N2O3S. The number of halogens is 3. The number of rotatable bonds is 3. The minimum atomic E-state index is -4.65. The molecule has 2 aliphatic carbocycles. The van der Waals surface area contributed by atoms with Crippen LogP contribution in [0.4, 0.5) is 13.2 Å². The molecule has 0 saturated heterocycles. The largest absolute Gasteiger partial charge is 0.417 e. The van der Waals surface area contributed by atoms with Crippen LogP contribution in [0.2, 0.25) is 0 Å². The summed E-state index contributed by atoms with van der Waals surface area (Å²) in [5.41, 5.74) is -1.52. The standard InChI is InChI=1S/C14H15F3N2O3S/c15-14(16,17)11-5-10(6-18-7-11)13(20)19-23(21,22)12-4-8-1-2-9(12)3-8/h5-9,12H,1-4H2,(H,19,20)/t8-,9+,12?/m1/s1. The molecule has 2 bridgehead atoms. The summed E-state index contributed by atoms with van der Waals surface area (Å²) in [5.74, 6) is -0.678. The summed E-state index contributed by atoms with van der Waals surface area (Å²) < 4.78 is 64.4. The number of sulfonamides is 1. The number of carbonyl (C=O) groups is 1. The van der Waals surface area contributed by atoms with Crippen molar-refractivity contribution in [3.05, 3.63) is 29.6 Å². The average molecular weight is 348 g/mol. The predicted octanol–water partition coefficient (Wildman–Crippen LogP) is 2.35. The minimum Gasteiger partial charge on any atom is -0.268 e. The molecule has 9 heteroatoms. The monoisotopic (exact) mass is 348 g/mol. The summed E-state index contributed by atoms with van der Waals surface area (Å²) in [4.78, 5) is 15.4. The van der Waals surface area contributed by atoms with Crippen molar-refractivity contribution in [3.63, 3.8) is 0 Å². The average Bonchev–Trinajstić information content (AvgIpc) is 3.09. The molecule has 1 N–H and O–H groups in total. The lowest BCUT2D eigenvalue weighted by Crippen LogP contribution is -2.40. The van der Waals surface area contributed by atoms with Crippen molar-refractivity contribution < 1.29 is 26.4 Å². The maximum Gasteiger partial charge on any atom is 0.417 e. The number of nitrogens with zero attached hydrogens (tertiary/aromatic N) is 1. The molecule has 1 heterocycles. The maximum absolute atomic E-state index is 12.6. The molecule has 0 aromatic carbocycles. The van der Waals surface area contributed by atoms with Gasteiger partial charge in [-0.25, -0.2) is 13.1 Å². The highest BCUT2D eigenvalue weighted by atomic mass is 32.2. The van der Waals surface area contributed by atoms with Crippen molar-refractivity contribution in [3.8, 4) is 0 Å². The van der Waals surface area contributed by atoms with E-state index < -0.39 is 38.5 Å². The van der Waals surface area contributed by atoms with Crippen molar-refractivity contribution in [2.24, 2.45) is 11.8 Å². The Kier molecular flexibility index (Phi) is 3.86. The highest BCUT2D eigenvalue weighted by Crippen LogP contribution is 2.47.